The third-order valence-corrected chi connectivity index (χ3v) is 6.17. The lowest BCUT2D eigenvalue weighted by atomic mass is 9.87. The molecule has 0 aliphatic carbocycles. The van der Waals surface area contributed by atoms with E-state index in [1.165, 1.54) is 18.2 Å². The van der Waals surface area contributed by atoms with E-state index in [0.29, 0.717) is 54.5 Å². The van der Waals surface area contributed by atoms with Gasteiger partial charge in [-0.3, -0.25) is 0 Å². The van der Waals surface area contributed by atoms with Crippen LogP contribution in [0.25, 0.3) is 22.3 Å². The number of nitrogens with one attached hydrogen (secondary N) is 2. The molecule has 2 atom stereocenters. The van der Waals surface area contributed by atoms with Crippen LogP contribution in [-0.2, 0) is 4.74 Å². The number of methoxy groups -OCH3 is 2. The number of anilines is 1. The minimum absolute atomic E-state index is 0.0860. The zero-order chi connectivity index (χ0) is 25.2. The van der Waals surface area contributed by atoms with Crippen LogP contribution >= 0.6 is 0 Å². The van der Waals surface area contributed by atoms with Gasteiger partial charge in [0.05, 0.1) is 30.4 Å². The first-order valence-electron chi connectivity index (χ1n) is 11.4. The van der Waals surface area contributed by atoms with Gasteiger partial charge >= 0.3 is 0 Å². The van der Waals surface area contributed by atoms with Crippen LogP contribution in [0.3, 0.4) is 0 Å². The monoisotopic (exact) mass is 486 g/mol. The van der Waals surface area contributed by atoms with Gasteiger partial charge in [-0.25, -0.2) is 14.4 Å². The number of hydrogen-bond acceptors (Lipinski definition) is 9. The van der Waals surface area contributed by atoms with Crippen molar-refractivity contribution in [2.75, 3.05) is 45.8 Å². The Labute approximate surface area is 203 Å². The number of halogens is 1. The molecule has 1 fully saturated rings. The number of aromatic hydroxyl groups is 1. The van der Waals surface area contributed by atoms with Gasteiger partial charge < -0.3 is 35.1 Å². The number of rotatable bonds is 9. The summed E-state index contributed by atoms with van der Waals surface area (Å²) < 4.78 is 30.5. The molecule has 0 saturated carbocycles. The summed E-state index contributed by atoms with van der Waals surface area (Å²) in [6, 6.07) is 6.99. The Bertz CT molecular complexity index is 1200. The molecule has 4 rings (SSSR count). The predicted octanol–water partition coefficient (Wildman–Crippen LogP) is 2.95. The van der Waals surface area contributed by atoms with Gasteiger partial charge in [0.2, 0.25) is 0 Å². The standard InChI is InChI=1S/C25H31FN4O5/c1-25(2,32)17-12-27-13-19(17)29-23-15-10-21(34-4)22(35-8-7-33-3)11-18(15)28-24(30-23)16-9-14(26)5-6-20(16)31/h5-6,9-11,17,19,27,31-32H,7-8,12-13H2,1-4H3,(H,28,29,30)/t17?,19-/m1/s1. The average Bonchev–Trinajstić information content (AvgIpc) is 3.29. The second kappa shape index (κ2) is 10.2. The molecule has 188 valence electrons. The molecule has 1 unspecified atom stereocenters. The molecule has 0 amide bonds. The quantitative estimate of drug-likeness (QED) is 0.339. The van der Waals surface area contributed by atoms with Gasteiger partial charge in [-0.2, -0.15) is 0 Å². The highest BCUT2D eigenvalue weighted by Gasteiger charge is 2.38. The van der Waals surface area contributed by atoms with E-state index in [1.807, 2.05) is 0 Å². The van der Waals surface area contributed by atoms with Gasteiger partial charge in [0.25, 0.3) is 0 Å². The molecule has 4 N–H and O–H groups in total. The van der Waals surface area contributed by atoms with E-state index in [2.05, 4.69) is 20.6 Å². The highest BCUT2D eigenvalue weighted by Crippen LogP contribution is 2.38. The van der Waals surface area contributed by atoms with Crippen LogP contribution in [0.2, 0.25) is 0 Å². The van der Waals surface area contributed by atoms with Crippen molar-refractivity contribution in [2.24, 2.45) is 5.92 Å². The summed E-state index contributed by atoms with van der Waals surface area (Å²) in [6.07, 6.45) is 0. The third kappa shape index (κ3) is 5.39. The Morgan fingerprint density at radius 1 is 1.11 bits per heavy atom. The molecule has 1 aliphatic rings. The van der Waals surface area contributed by atoms with Crippen molar-refractivity contribution in [3.63, 3.8) is 0 Å². The molecule has 10 heteroatoms. The molecule has 1 saturated heterocycles. The Kier molecular flexibility index (Phi) is 7.25. The zero-order valence-corrected chi connectivity index (χ0v) is 20.3. The maximum absolute atomic E-state index is 14.0. The maximum atomic E-state index is 14.0. The number of phenolic OH excluding ortho intramolecular Hbond substituents is 1. The van der Waals surface area contributed by atoms with E-state index in [-0.39, 0.29) is 29.1 Å². The Morgan fingerprint density at radius 2 is 1.91 bits per heavy atom. The molecule has 9 nitrogen and oxygen atoms in total. The molecular weight excluding hydrogens is 455 g/mol. The van der Waals surface area contributed by atoms with Crippen molar-refractivity contribution in [2.45, 2.75) is 25.5 Å². The molecule has 35 heavy (non-hydrogen) atoms. The van der Waals surface area contributed by atoms with Gasteiger partial charge in [-0.05, 0) is 38.1 Å². The van der Waals surface area contributed by atoms with Gasteiger partial charge in [0, 0.05) is 43.6 Å². The molecule has 3 aromatic rings. The first-order valence-corrected chi connectivity index (χ1v) is 11.4. The lowest BCUT2D eigenvalue weighted by molar-refractivity contribution is 0.0219. The third-order valence-electron chi connectivity index (χ3n) is 6.17. The zero-order valence-electron chi connectivity index (χ0n) is 20.3. The number of ether oxygens (including phenoxy) is 3. The van der Waals surface area contributed by atoms with Gasteiger partial charge in [-0.15, -0.1) is 0 Å². The number of nitrogens with zero attached hydrogens (tertiary/aromatic N) is 2. The second-order valence-corrected chi connectivity index (χ2v) is 9.09. The number of aliphatic hydroxyl groups is 1. The van der Waals surface area contributed by atoms with E-state index in [0.717, 1.165) is 0 Å². The minimum Gasteiger partial charge on any atom is -0.507 e. The Balaban J connectivity index is 1.85. The predicted molar refractivity (Wildman–Crippen MR) is 131 cm³/mol. The van der Waals surface area contributed by atoms with E-state index in [1.54, 1.807) is 40.2 Å². The summed E-state index contributed by atoms with van der Waals surface area (Å²) in [4.78, 5) is 9.26. The number of benzene rings is 2. The van der Waals surface area contributed by atoms with Gasteiger partial charge in [0.1, 0.15) is 24.0 Å². The Hall–Kier alpha value is -3.21. The first-order chi connectivity index (χ1) is 16.7. The molecule has 0 radical (unpaired) electrons. The summed E-state index contributed by atoms with van der Waals surface area (Å²) in [6.45, 7) is 5.53. The summed E-state index contributed by atoms with van der Waals surface area (Å²) in [5.74, 6) is 0.833. The van der Waals surface area contributed by atoms with Gasteiger partial charge in [-0.1, -0.05) is 0 Å². The second-order valence-electron chi connectivity index (χ2n) is 9.09. The van der Waals surface area contributed by atoms with Crippen molar-refractivity contribution in [1.82, 2.24) is 15.3 Å². The largest absolute Gasteiger partial charge is 0.507 e. The van der Waals surface area contributed by atoms with Crippen LogP contribution in [0.1, 0.15) is 13.8 Å². The van der Waals surface area contributed by atoms with Crippen LogP contribution in [0.4, 0.5) is 10.2 Å². The molecule has 0 bridgehead atoms. The Morgan fingerprint density at radius 3 is 2.63 bits per heavy atom. The van der Waals surface area contributed by atoms with Crippen molar-refractivity contribution < 1.29 is 28.8 Å². The van der Waals surface area contributed by atoms with Gasteiger partial charge in [0.15, 0.2) is 17.3 Å². The SMILES string of the molecule is COCCOc1cc2nc(-c3cc(F)ccc3O)nc(N[C@@H]3CNCC3C(C)(C)O)c2cc1OC. The molecule has 1 aliphatic heterocycles. The summed E-state index contributed by atoms with van der Waals surface area (Å²) >= 11 is 0. The lowest BCUT2D eigenvalue weighted by Gasteiger charge is -2.31. The van der Waals surface area contributed by atoms with E-state index >= 15 is 0 Å². The highest BCUT2D eigenvalue weighted by atomic mass is 19.1. The number of aromatic nitrogens is 2. The fourth-order valence-electron chi connectivity index (χ4n) is 4.31. The van der Waals surface area contributed by atoms with Crippen molar-refractivity contribution in [3.8, 4) is 28.6 Å². The molecule has 2 aromatic carbocycles. The van der Waals surface area contributed by atoms with Crippen LogP contribution in [0, 0.1) is 11.7 Å². The van der Waals surface area contributed by atoms with Crippen molar-refractivity contribution in [3.05, 3.63) is 36.1 Å². The summed E-state index contributed by atoms with van der Waals surface area (Å²) in [5, 5.41) is 28.5. The fraction of sp³-hybridized carbons (Fsp3) is 0.440. The molecule has 1 aromatic heterocycles. The fourth-order valence-corrected chi connectivity index (χ4v) is 4.31. The maximum Gasteiger partial charge on any atom is 0.165 e. The number of fused-ring (bicyclic) bond motifs is 1. The number of hydrogen-bond donors (Lipinski definition) is 4. The van der Waals surface area contributed by atoms with Crippen LogP contribution < -0.4 is 20.1 Å². The summed E-state index contributed by atoms with van der Waals surface area (Å²) in [7, 11) is 3.13. The van der Waals surface area contributed by atoms with Crippen LogP contribution in [0.5, 0.6) is 17.2 Å². The normalized spacial score (nSPS) is 18.1. The van der Waals surface area contributed by atoms with Crippen LogP contribution in [0.15, 0.2) is 30.3 Å². The first kappa shape index (κ1) is 24.9. The van der Waals surface area contributed by atoms with E-state index in [4.69, 9.17) is 14.2 Å². The van der Waals surface area contributed by atoms with E-state index < -0.39 is 11.4 Å². The number of phenols is 1. The van der Waals surface area contributed by atoms with E-state index in [9.17, 15) is 14.6 Å². The minimum atomic E-state index is -0.923. The average molecular weight is 487 g/mol. The molecule has 2 heterocycles. The topological polar surface area (TPSA) is 118 Å². The smallest absolute Gasteiger partial charge is 0.165 e. The summed E-state index contributed by atoms with van der Waals surface area (Å²) in [5.41, 5.74) is -0.246. The van der Waals surface area contributed by atoms with Crippen LogP contribution in [-0.4, -0.2) is 72.3 Å². The van der Waals surface area contributed by atoms with Crippen molar-refractivity contribution in [1.29, 1.82) is 0 Å². The lowest BCUT2D eigenvalue weighted by Crippen LogP contribution is -2.42. The van der Waals surface area contributed by atoms with Crippen molar-refractivity contribution >= 4 is 16.7 Å². The highest BCUT2D eigenvalue weighted by molar-refractivity contribution is 5.93. The molecular formula is C25H31FN4O5. The molecule has 0 spiro atoms.